The number of hydrogen-bond acceptors (Lipinski definition) is 3. The number of nitrogens with one attached hydrogen (secondary N) is 3. The lowest BCUT2D eigenvalue weighted by Crippen LogP contribution is -2.45. The highest BCUT2D eigenvalue weighted by Crippen LogP contribution is 1.99. The summed E-state index contributed by atoms with van der Waals surface area (Å²) in [6.45, 7) is 0.573. The number of hydrogen-bond donors (Lipinski definition) is 4. The Morgan fingerprint density at radius 3 is 2.87 bits per heavy atom. The van der Waals surface area contributed by atoms with Crippen LogP contribution in [-0.2, 0) is 6.42 Å². The third-order valence-corrected chi connectivity index (χ3v) is 1.94. The minimum Gasteiger partial charge on any atom is -0.469 e. The maximum absolute atomic E-state index is 7.52. The third kappa shape index (κ3) is 3.34. The van der Waals surface area contributed by atoms with E-state index >= 15 is 0 Å². The van der Waals surface area contributed by atoms with Crippen molar-refractivity contribution >= 4 is 11.9 Å². The summed E-state index contributed by atoms with van der Waals surface area (Å²) in [5.41, 5.74) is 5.21. The summed E-state index contributed by atoms with van der Waals surface area (Å²) in [5.74, 6) is 0.806. The quantitative estimate of drug-likeness (QED) is 0.421. The Morgan fingerprint density at radius 2 is 2.33 bits per heavy atom. The average molecular weight is 209 g/mol. The van der Waals surface area contributed by atoms with E-state index in [-0.39, 0.29) is 11.9 Å². The molecule has 0 aliphatic carbocycles. The van der Waals surface area contributed by atoms with Crippen LogP contribution in [0.4, 0.5) is 0 Å². The Hall–Kier alpha value is -1.98. The van der Waals surface area contributed by atoms with Gasteiger partial charge in [0.15, 0.2) is 11.9 Å². The standard InChI is InChI=1S/C9H15N5O/c1-14(8(10)11)9(12)13-5-4-7-3-2-6-15-7/h2-3,6H,4-5H2,1H3,(H3,10,11)(H2,12,13). The zero-order valence-electron chi connectivity index (χ0n) is 8.58. The zero-order valence-corrected chi connectivity index (χ0v) is 8.58. The third-order valence-electron chi connectivity index (χ3n) is 1.94. The van der Waals surface area contributed by atoms with Crippen LogP contribution in [0.15, 0.2) is 22.8 Å². The van der Waals surface area contributed by atoms with Gasteiger partial charge in [0.2, 0.25) is 0 Å². The van der Waals surface area contributed by atoms with E-state index < -0.39 is 0 Å². The normalized spacial score (nSPS) is 9.67. The van der Waals surface area contributed by atoms with Crippen molar-refractivity contribution in [3.8, 4) is 0 Å². The van der Waals surface area contributed by atoms with E-state index in [1.54, 1.807) is 13.3 Å². The molecule has 0 saturated heterocycles. The molecule has 15 heavy (non-hydrogen) atoms. The first-order valence-corrected chi connectivity index (χ1v) is 4.54. The van der Waals surface area contributed by atoms with Crippen LogP contribution in [0.2, 0.25) is 0 Å². The highest BCUT2D eigenvalue weighted by Gasteiger charge is 2.05. The highest BCUT2D eigenvalue weighted by molar-refractivity contribution is 5.94. The van der Waals surface area contributed by atoms with Gasteiger partial charge in [-0.05, 0) is 12.1 Å². The fourth-order valence-corrected chi connectivity index (χ4v) is 0.998. The number of rotatable bonds is 3. The van der Waals surface area contributed by atoms with Gasteiger partial charge in [0.25, 0.3) is 0 Å². The zero-order chi connectivity index (χ0) is 11.3. The van der Waals surface area contributed by atoms with Crippen LogP contribution in [-0.4, -0.2) is 30.4 Å². The second kappa shape index (κ2) is 5.04. The molecule has 5 N–H and O–H groups in total. The Morgan fingerprint density at radius 1 is 1.60 bits per heavy atom. The van der Waals surface area contributed by atoms with Crippen LogP contribution < -0.4 is 11.1 Å². The van der Waals surface area contributed by atoms with Crippen molar-refractivity contribution in [1.82, 2.24) is 10.2 Å². The lowest BCUT2D eigenvalue weighted by Gasteiger charge is -2.18. The van der Waals surface area contributed by atoms with E-state index in [1.165, 1.54) is 4.90 Å². The molecular weight excluding hydrogens is 194 g/mol. The monoisotopic (exact) mass is 209 g/mol. The van der Waals surface area contributed by atoms with Gasteiger partial charge in [-0.2, -0.15) is 0 Å². The molecule has 0 amide bonds. The Balaban J connectivity index is 2.26. The first kappa shape index (κ1) is 11.1. The maximum atomic E-state index is 7.52. The van der Waals surface area contributed by atoms with Gasteiger partial charge in [0, 0.05) is 20.0 Å². The summed E-state index contributed by atoms with van der Waals surface area (Å²) in [6.07, 6.45) is 2.31. The van der Waals surface area contributed by atoms with E-state index in [1.807, 2.05) is 12.1 Å². The van der Waals surface area contributed by atoms with Crippen molar-refractivity contribution < 1.29 is 4.42 Å². The Kier molecular flexibility index (Phi) is 3.73. The van der Waals surface area contributed by atoms with Gasteiger partial charge < -0.3 is 15.5 Å². The number of furan rings is 1. The van der Waals surface area contributed by atoms with Crippen molar-refractivity contribution in [2.75, 3.05) is 13.6 Å². The van der Waals surface area contributed by atoms with Crippen LogP contribution in [0, 0.1) is 10.8 Å². The summed E-state index contributed by atoms with van der Waals surface area (Å²) in [6, 6.07) is 3.70. The molecule has 0 atom stereocenters. The van der Waals surface area contributed by atoms with E-state index in [4.69, 9.17) is 21.0 Å². The Labute approximate surface area is 88.1 Å². The van der Waals surface area contributed by atoms with Gasteiger partial charge >= 0.3 is 0 Å². The lowest BCUT2D eigenvalue weighted by atomic mass is 10.3. The molecule has 6 heteroatoms. The molecule has 1 heterocycles. The smallest absolute Gasteiger partial charge is 0.197 e. The molecule has 1 aromatic heterocycles. The molecular formula is C9H15N5O. The molecule has 0 aromatic carbocycles. The lowest BCUT2D eigenvalue weighted by molar-refractivity contribution is 0.505. The summed E-state index contributed by atoms with van der Waals surface area (Å²) < 4.78 is 5.13. The topological polar surface area (TPSA) is 102 Å². The molecule has 0 bridgehead atoms. The molecule has 0 saturated carbocycles. The van der Waals surface area contributed by atoms with Gasteiger partial charge in [0.05, 0.1) is 6.26 Å². The summed E-state index contributed by atoms with van der Waals surface area (Å²) >= 11 is 0. The predicted octanol–water partition coefficient (Wildman–Crippen LogP) is 0.172. The van der Waals surface area contributed by atoms with Crippen LogP contribution in [0.3, 0.4) is 0 Å². The summed E-state index contributed by atoms with van der Waals surface area (Å²) in [4.78, 5) is 1.25. The van der Waals surface area contributed by atoms with Crippen molar-refractivity contribution in [2.24, 2.45) is 5.73 Å². The van der Waals surface area contributed by atoms with E-state index in [2.05, 4.69) is 5.32 Å². The van der Waals surface area contributed by atoms with Crippen LogP contribution in [0.1, 0.15) is 5.76 Å². The second-order valence-electron chi connectivity index (χ2n) is 3.05. The van der Waals surface area contributed by atoms with Gasteiger partial charge in [0.1, 0.15) is 5.76 Å². The minimum atomic E-state index is -0.162. The fourth-order valence-electron chi connectivity index (χ4n) is 0.998. The highest BCUT2D eigenvalue weighted by atomic mass is 16.3. The van der Waals surface area contributed by atoms with Gasteiger partial charge in [-0.25, -0.2) is 0 Å². The average Bonchev–Trinajstić information content (AvgIpc) is 2.69. The molecule has 0 radical (unpaired) electrons. The summed E-state index contributed by atoms with van der Waals surface area (Å²) in [7, 11) is 1.56. The molecule has 1 rings (SSSR count). The SMILES string of the molecule is CN(C(=N)N)C(=N)NCCc1ccco1. The van der Waals surface area contributed by atoms with E-state index in [0.29, 0.717) is 13.0 Å². The Bertz CT molecular complexity index is 332. The molecule has 0 aliphatic heterocycles. The molecule has 0 aliphatic rings. The largest absolute Gasteiger partial charge is 0.469 e. The predicted molar refractivity (Wildman–Crippen MR) is 57.8 cm³/mol. The fraction of sp³-hybridized carbons (Fsp3) is 0.333. The van der Waals surface area contributed by atoms with Crippen LogP contribution in [0.5, 0.6) is 0 Å². The number of nitrogens with zero attached hydrogens (tertiary/aromatic N) is 1. The number of guanidine groups is 2. The van der Waals surface area contributed by atoms with Crippen LogP contribution in [0.25, 0.3) is 0 Å². The van der Waals surface area contributed by atoms with Gasteiger partial charge in [-0.15, -0.1) is 0 Å². The van der Waals surface area contributed by atoms with Gasteiger partial charge in [-0.3, -0.25) is 15.7 Å². The van der Waals surface area contributed by atoms with Crippen molar-refractivity contribution in [3.05, 3.63) is 24.2 Å². The molecule has 0 unspecified atom stereocenters. The molecule has 82 valence electrons. The molecule has 0 spiro atoms. The van der Waals surface area contributed by atoms with Crippen molar-refractivity contribution in [3.63, 3.8) is 0 Å². The van der Waals surface area contributed by atoms with E-state index in [0.717, 1.165) is 5.76 Å². The first-order chi connectivity index (χ1) is 7.11. The van der Waals surface area contributed by atoms with Crippen molar-refractivity contribution in [2.45, 2.75) is 6.42 Å². The molecule has 1 aromatic rings. The molecule has 6 nitrogen and oxygen atoms in total. The minimum absolute atomic E-state index is 0.106. The van der Waals surface area contributed by atoms with E-state index in [9.17, 15) is 0 Å². The van der Waals surface area contributed by atoms with Crippen LogP contribution >= 0.6 is 0 Å². The molecule has 0 fully saturated rings. The first-order valence-electron chi connectivity index (χ1n) is 4.54. The number of nitrogens with two attached hydrogens (primary N) is 1. The van der Waals surface area contributed by atoms with Gasteiger partial charge in [-0.1, -0.05) is 0 Å². The second-order valence-corrected chi connectivity index (χ2v) is 3.05. The summed E-state index contributed by atoms with van der Waals surface area (Å²) in [5, 5.41) is 17.5. The maximum Gasteiger partial charge on any atom is 0.197 e. The van der Waals surface area contributed by atoms with Crippen molar-refractivity contribution in [1.29, 1.82) is 10.8 Å².